The van der Waals surface area contributed by atoms with Crippen LogP contribution >= 0.6 is 23.2 Å². The molecule has 0 unspecified atom stereocenters. The Morgan fingerprint density at radius 2 is 0.900 bits per heavy atom. The summed E-state index contributed by atoms with van der Waals surface area (Å²) in [6.07, 6.45) is 0. The zero-order chi connectivity index (χ0) is 22.5. The van der Waals surface area contributed by atoms with Crippen LogP contribution in [0.4, 0.5) is 16.9 Å². The molecule has 0 aromatic heterocycles. The van der Waals surface area contributed by atoms with Crippen molar-refractivity contribution in [2.45, 2.75) is 16.4 Å². The number of benzene rings is 3. The van der Waals surface area contributed by atoms with Gasteiger partial charge in [-0.2, -0.15) is 0 Å². The Hall–Kier alpha value is -1.01. The van der Waals surface area contributed by atoms with E-state index in [2.05, 4.69) is 54.6 Å². The van der Waals surface area contributed by atoms with E-state index in [1.165, 1.54) is 16.0 Å². The van der Waals surface area contributed by atoms with E-state index in [4.69, 9.17) is 23.2 Å². The van der Waals surface area contributed by atoms with Gasteiger partial charge in [0.25, 0.3) is 0 Å². The first kappa shape index (κ1) is 25.3. The Balaban J connectivity index is 0.000000396. The van der Waals surface area contributed by atoms with Crippen molar-refractivity contribution in [2.75, 3.05) is 0 Å². The predicted octanol–water partition coefficient (Wildman–Crippen LogP) is 8.51. The van der Waals surface area contributed by atoms with Crippen molar-refractivity contribution in [1.82, 2.24) is 0 Å². The van der Waals surface area contributed by atoms with E-state index in [9.17, 15) is 16.9 Å². The molecule has 0 heterocycles. The maximum absolute atomic E-state index is 11.2. The van der Waals surface area contributed by atoms with Crippen LogP contribution in [0.15, 0.2) is 83.8 Å². The topological polar surface area (TPSA) is 0 Å². The molecule has 0 radical (unpaired) electrons. The van der Waals surface area contributed by atoms with E-state index in [-0.39, 0.29) is 10.9 Å². The van der Waals surface area contributed by atoms with Gasteiger partial charge in [0.05, 0.1) is 0 Å². The van der Waals surface area contributed by atoms with Gasteiger partial charge in [0.2, 0.25) is 0 Å². The summed E-state index contributed by atoms with van der Waals surface area (Å²) in [6, 6.07) is 27.0. The van der Waals surface area contributed by atoms with Crippen LogP contribution in [-0.4, -0.2) is 19.5 Å². The molecule has 3 rings (SSSR count). The first-order chi connectivity index (χ1) is 13.7. The van der Waals surface area contributed by atoms with E-state index in [1.54, 1.807) is 0 Å². The normalized spacial score (nSPS) is 13.8. The minimum atomic E-state index is -11.2. The van der Waals surface area contributed by atoms with Crippen molar-refractivity contribution in [3.63, 3.8) is 0 Å². The van der Waals surface area contributed by atoms with Gasteiger partial charge in [-0.05, 0) is 36.4 Å². The molecular formula is C20H17Cl2F6SSb. The maximum atomic E-state index is 9.93. The van der Waals surface area contributed by atoms with Gasteiger partial charge in [-0.1, -0.05) is 65.7 Å². The number of rotatable bonds is 5. The molecule has 0 fully saturated rings. The molecule has 0 saturated carbocycles. The van der Waals surface area contributed by atoms with Crippen LogP contribution < -0.4 is 0 Å². The number of halogens is 8. The molecule has 0 nitrogen and oxygen atoms in total. The average Bonchev–Trinajstić information content (AvgIpc) is 2.63. The quantitative estimate of drug-likeness (QED) is 0.158. The Morgan fingerprint density at radius 3 is 1.23 bits per heavy atom. The molecule has 164 valence electrons. The van der Waals surface area contributed by atoms with Gasteiger partial charge >= 0.3 is 36.4 Å². The zero-order valence-electron chi connectivity index (χ0n) is 15.3. The molecule has 0 bridgehead atoms. The van der Waals surface area contributed by atoms with Crippen molar-refractivity contribution in [1.29, 1.82) is 0 Å². The summed E-state index contributed by atoms with van der Waals surface area (Å²) in [5.74, 6) is 2.04. The van der Waals surface area contributed by atoms with Crippen LogP contribution in [-0.2, 0) is 22.4 Å². The zero-order valence-corrected chi connectivity index (χ0v) is 20.2. The minimum absolute atomic E-state index is 0.111. The van der Waals surface area contributed by atoms with E-state index in [0.717, 1.165) is 21.6 Å². The molecule has 0 atom stereocenters. The summed E-state index contributed by atoms with van der Waals surface area (Å²) in [5, 5.41) is 1.57. The molecule has 0 N–H and O–H groups in total. The average molecular weight is 596 g/mol. The summed E-state index contributed by atoms with van der Waals surface area (Å²) in [5.41, 5.74) is 2.63. The molecule has 0 spiro atoms. The van der Waals surface area contributed by atoms with Crippen LogP contribution in [0.1, 0.15) is 11.1 Å². The third-order valence-electron chi connectivity index (χ3n) is 3.58. The van der Waals surface area contributed by atoms with E-state index >= 15 is 0 Å². The molecule has 3 aromatic carbocycles. The molecule has 0 amide bonds. The third-order valence-corrected chi connectivity index (χ3v) is 6.39. The Bertz CT molecular complexity index is 888. The van der Waals surface area contributed by atoms with Crippen LogP contribution in [0, 0.1) is 0 Å². The van der Waals surface area contributed by atoms with Crippen LogP contribution in [0.2, 0.25) is 10.0 Å². The molecule has 3 aromatic rings. The first-order valence-corrected chi connectivity index (χ1v) is 16.5. The fraction of sp³-hybridized carbons (Fsp3) is 0.100. The van der Waals surface area contributed by atoms with Gasteiger partial charge in [-0.15, -0.1) is 0 Å². The van der Waals surface area contributed by atoms with Gasteiger partial charge in [0, 0.05) is 32.1 Å². The number of hydrogen-bond acceptors (Lipinski definition) is 0. The fourth-order valence-electron chi connectivity index (χ4n) is 2.39. The fourth-order valence-corrected chi connectivity index (χ4v) is 4.81. The molecule has 0 aliphatic carbocycles. The van der Waals surface area contributed by atoms with Crippen LogP contribution in [0.5, 0.6) is 0 Å². The van der Waals surface area contributed by atoms with Gasteiger partial charge in [0.1, 0.15) is 11.5 Å². The second kappa shape index (κ2) is 9.23. The van der Waals surface area contributed by atoms with E-state index in [0.29, 0.717) is 0 Å². The van der Waals surface area contributed by atoms with Crippen LogP contribution in [0.3, 0.4) is 0 Å². The third kappa shape index (κ3) is 12.0. The van der Waals surface area contributed by atoms with Crippen molar-refractivity contribution in [3.05, 3.63) is 100 Å². The standard InChI is InChI=1S/C20H17Cl2S.6FH.Sb/c21-18-10-6-16(7-11-18)14-23(20-4-2-1-3-5-20)15-17-8-12-19(22)13-9-17;;;;;;;/h1-13H,14-15H2;6*1H;/q+1;;;;;;;+5/p-6. The van der Waals surface area contributed by atoms with Crippen molar-refractivity contribution in [3.8, 4) is 0 Å². The molecule has 10 heteroatoms. The summed E-state index contributed by atoms with van der Waals surface area (Å²) >= 11 is 0.749. The van der Waals surface area contributed by atoms with Gasteiger partial charge in [-0.25, -0.2) is 0 Å². The van der Waals surface area contributed by atoms with Crippen molar-refractivity contribution < 1.29 is 16.9 Å². The second-order valence-corrected chi connectivity index (χ2v) is 14.7. The van der Waals surface area contributed by atoms with Gasteiger partial charge in [0.15, 0.2) is 4.90 Å². The molecule has 0 aliphatic heterocycles. The molecule has 0 saturated heterocycles. The van der Waals surface area contributed by atoms with Gasteiger partial charge in [-0.3, -0.25) is 0 Å². The predicted molar refractivity (Wildman–Crippen MR) is 115 cm³/mol. The Labute approximate surface area is 186 Å². The second-order valence-electron chi connectivity index (χ2n) is 6.31. The van der Waals surface area contributed by atoms with Crippen LogP contribution in [0.25, 0.3) is 0 Å². The van der Waals surface area contributed by atoms with Crippen molar-refractivity contribution >= 4 is 53.6 Å². The first-order valence-electron chi connectivity index (χ1n) is 8.43. The van der Waals surface area contributed by atoms with E-state index in [1.807, 2.05) is 24.3 Å². The summed E-state index contributed by atoms with van der Waals surface area (Å²) in [4.78, 5) is 1.39. The molecular weight excluding hydrogens is 579 g/mol. The summed E-state index contributed by atoms with van der Waals surface area (Å²) in [6.45, 7) is 0. The van der Waals surface area contributed by atoms with Crippen molar-refractivity contribution in [2.24, 2.45) is 0 Å². The molecule has 0 aliphatic rings. The van der Waals surface area contributed by atoms with E-state index < -0.39 is 19.5 Å². The monoisotopic (exact) mass is 594 g/mol. The summed E-state index contributed by atoms with van der Waals surface area (Å²) in [7, 11) is 0.111. The summed E-state index contributed by atoms with van der Waals surface area (Å²) < 4.78 is 59.6. The SMILES string of the molecule is Clc1ccc(C[S+](Cc2ccc(Cl)cc2)c2ccccc2)cc1.[F][Sb-]([F])([F])([F])([F])[F]. The Morgan fingerprint density at radius 1 is 0.567 bits per heavy atom. The Kier molecular flexibility index (Phi) is 7.77. The molecule has 30 heavy (non-hydrogen) atoms. The van der Waals surface area contributed by atoms with Gasteiger partial charge < -0.3 is 0 Å². The number of hydrogen-bond donors (Lipinski definition) is 0.